The van der Waals surface area contributed by atoms with Crippen molar-refractivity contribution in [2.24, 2.45) is 0 Å². The second-order valence-electron chi connectivity index (χ2n) is 8.17. The van der Waals surface area contributed by atoms with Crippen LogP contribution in [0.15, 0.2) is 72.8 Å². The third kappa shape index (κ3) is 3.28. The highest BCUT2D eigenvalue weighted by Crippen LogP contribution is 2.42. The highest BCUT2D eigenvalue weighted by atomic mass is 32.1. The van der Waals surface area contributed by atoms with Gasteiger partial charge in [-0.1, -0.05) is 54.6 Å². The monoisotopic (exact) mass is 441 g/mol. The van der Waals surface area contributed by atoms with Gasteiger partial charge in [0.2, 0.25) is 6.79 Å². The summed E-state index contributed by atoms with van der Waals surface area (Å²) >= 11 is 5.90. The Kier molecular flexibility index (Phi) is 4.72. The van der Waals surface area contributed by atoms with Crippen molar-refractivity contribution in [2.75, 3.05) is 13.3 Å². The van der Waals surface area contributed by atoms with Crippen molar-refractivity contribution in [3.63, 3.8) is 0 Å². The van der Waals surface area contributed by atoms with Gasteiger partial charge in [0.05, 0.1) is 6.04 Å². The molecule has 0 fully saturated rings. The lowest BCUT2D eigenvalue weighted by Crippen LogP contribution is -2.45. The molecule has 0 bridgehead atoms. The minimum Gasteiger partial charge on any atom is -0.454 e. The third-order valence-electron chi connectivity index (χ3n) is 6.29. The molecule has 0 saturated heterocycles. The molecule has 1 atom stereocenters. The Labute approximate surface area is 192 Å². The Hall–Kier alpha value is -3.51. The van der Waals surface area contributed by atoms with Crippen LogP contribution in [-0.4, -0.2) is 28.3 Å². The van der Waals surface area contributed by atoms with Crippen molar-refractivity contribution in [1.82, 2.24) is 15.2 Å². The van der Waals surface area contributed by atoms with Crippen LogP contribution >= 0.6 is 12.2 Å². The number of fused-ring (bicyclic) bond motifs is 4. The van der Waals surface area contributed by atoms with Crippen LogP contribution in [0.4, 0.5) is 0 Å². The molecule has 6 rings (SSSR count). The summed E-state index contributed by atoms with van der Waals surface area (Å²) in [5.41, 5.74) is 6.06. The average Bonchev–Trinajstić information content (AvgIpc) is 3.46. The zero-order valence-electron chi connectivity index (χ0n) is 17.5. The van der Waals surface area contributed by atoms with E-state index in [1.165, 1.54) is 22.2 Å². The lowest BCUT2D eigenvalue weighted by Gasteiger charge is -2.38. The SMILES string of the molecule is S=C(NCc1ccccc1)N1CCc2c([nH]c3ccccc23)[C@H]1c1ccc2c(c1)OCO2. The molecule has 3 heterocycles. The number of H-pyrrole nitrogens is 1. The first-order valence-corrected chi connectivity index (χ1v) is 11.3. The first-order chi connectivity index (χ1) is 15.8. The standard InChI is InChI=1S/C26H23N3O2S/c32-26(27-15-17-6-2-1-3-7-17)29-13-12-20-19-8-4-5-9-21(19)28-24(20)25(29)18-10-11-22-23(14-18)31-16-30-22/h1-11,14,25,28H,12-13,15-16H2,(H,27,32)/t25-/m1/s1. The van der Waals surface area contributed by atoms with Gasteiger partial charge in [-0.3, -0.25) is 0 Å². The fourth-order valence-electron chi connectivity index (χ4n) is 4.76. The lowest BCUT2D eigenvalue weighted by atomic mass is 9.92. The molecule has 4 aromatic rings. The molecule has 0 spiro atoms. The fourth-order valence-corrected chi connectivity index (χ4v) is 5.03. The van der Waals surface area contributed by atoms with Crippen molar-refractivity contribution in [2.45, 2.75) is 19.0 Å². The summed E-state index contributed by atoms with van der Waals surface area (Å²) < 4.78 is 11.2. The van der Waals surface area contributed by atoms with Gasteiger partial charge < -0.3 is 24.7 Å². The number of hydrogen-bond acceptors (Lipinski definition) is 3. The summed E-state index contributed by atoms with van der Waals surface area (Å²) in [6.45, 7) is 1.81. The van der Waals surface area contributed by atoms with Crippen LogP contribution in [0.5, 0.6) is 11.5 Å². The Morgan fingerprint density at radius 1 is 1.00 bits per heavy atom. The highest BCUT2D eigenvalue weighted by molar-refractivity contribution is 7.80. The molecule has 0 saturated carbocycles. The number of benzene rings is 3. The van der Waals surface area contributed by atoms with Gasteiger partial charge in [0, 0.05) is 29.7 Å². The molecular formula is C26H23N3O2S. The first-order valence-electron chi connectivity index (χ1n) is 10.9. The van der Waals surface area contributed by atoms with Crippen molar-refractivity contribution in [3.05, 3.63) is 95.2 Å². The second-order valence-corrected chi connectivity index (χ2v) is 8.55. The van der Waals surface area contributed by atoms with E-state index in [9.17, 15) is 0 Å². The van der Waals surface area contributed by atoms with Crippen LogP contribution in [0, 0.1) is 0 Å². The van der Waals surface area contributed by atoms with E-state index in [1.807, 2.05) is 24.3 Å². The number of hydrogen-bond donors (Lipinski definition) is 2. The van der Waals surface area contributed by atoms with Crippen molar-refractivity contribution in [1.29, 1.82) is 0 Å². The Balaban J connectivity index is 1.39. The van der Waals surface area contributed by atoms with Gasteiger partial charge in [-0.05, 0) is 53.5 Å². The summed E-state index contributed by atoms with van der Waals surface area (Å²) in [5.74, 6) is 1.58. The van der Waals surface area contributed by atoms with Crippen LogP contribution in [0.3, 0.4) is 0 Å². The Morgan fingerprint density at radius 3 is 2.72 bits per heavy atom. The summed E-state index contributed by atoms with van der Waals surface area (Å²) in [6.07, 6.45) is 0.938. The first kappa shape index (κ1) is 19.2. The summed E-state index contributed by atoms with van der Waals surface area (Å²) in [4.78, 5) is 5.98. The third-order valence-corrected chi connectivity index (χ3v) is 6.67. The summed E-state index contributed by atoms with van der Waals surface area (Å²) in [5, 5.41) is 5.51. The van der Waals surface area contributed by atoms with Crippen molar-refractivity contribution >= 4 is 28.2 Å². The molecule has 0 radical (unpaired) electrons. The molecule has 160 valence electrons. The zero-order valence-corrected chi connectivity index (χ0v) is 18.3. The fraction of sp³-hybridized carbons (Fsp3) is 0.192. The molecule has 1 aromatic heterocycles. The maximum absolute atomic E-state index is 5.90. The van der Waals surface area contributed by atoms with E-state index in [4.69, 9.17) is 21.7 Å². The summed E-state index contributed by atoms with van der Waals surface area (Å²) in [7, 11) is 0. The van der Waals surface area contributed by atoms with Gasteiger partial charge in [-0.2, -0.15) is 0 Å². The zero-order chi connectivity index (χ0) is 21.5. The number of aromatic nitrogens is 1. The number of ether oxygens (including phenoxy) is 2. The number of nitrogens with one attached hydrogen (secondary N) is 2. The lowest BCUT2D eigenvalue weighted by molar-refractivity contribution is 0.174. The summed E-state index contributed by atoms with van der Waals surface area (Å²) in [6, 6.07) is 25.0. The quantitative estimate of drug-likeness (QED) is 0.442. The van der Waals surface area contributed by atoms with Gasteiger partial charge in [-0.15, -0.1) is 0 Å². The van der Waals surface area contributed by atoms with E-state index in [1.54, 1.807) is 0 Å². The van der Waals surface area contributed by atoms with Gasteiger partial charge in [0.15, 0.2) is 16.6 Å². The van der Waals surface area contributed by atoms with Crippen molar-refractivity contribution < 1.29 is 9.47 Å². The van der Waals surface area contributed by atoms with Crippen LogP contribution in [0.1, 0.15) is 28.4 Å². The minimum absolute atomic E-state index is 0.0311. The number of nitrogens with zero attached hydrogens (tertiary/aromatic N) is 1. The predicted octanol–water partition coefficient (Wildman–Crippen LogP) is 4.92. The molecular weight excluding hydrogens is 418 g/mol. The van der Waals surface area contributed by atoms with E-state index in [2.05, 4.69) is 63.7 Å². The van der Waals surface area contributed by atoms with E-state index < -0.39 is 0 Å². The van der Waals surface area contributed by atoms with Gasteiger partial charge in [0.25, 0.3) is 0 Å². The molecule has 0 amide bonds. The van der Waals surface area contributed by atoms with Crippen LogP contribution in [0.25, 0.3) is 10.9 Å². The predicted molar refractivity (Wildman–Crippen MR) is 129 cm³/mol. The molecule has 2 aliphatic heterocycles. The molecule has 0 aliphatic carbocycles. The number of aromatic amines is 1. The molecule has 5 nitrogen and oxygen atoms in total. The molecule has 3 aromatic carbocycles. The number of para-hydroxylation sites is 1. The molecule has 6 heteroatoms. The van der Waals surface area contributed by atoms with Crippen LogP contribution < -0.4 is 14.8 Å². The van der Waals surface area contributed by atoms with Crippen molar-refractivity contribution in [3.8, 4) is 11.5 Å². The largest absolute Gasteiger partial charge is 0.454 e. The van der Waals surface area contributed by atoms with Gasteiger partial charge in [-0.25, -0.2) is 0 Å². The van der Waals surface area contributed by atoms with Crippen LogP contribution in [-0.2, 0) is 13.0 Å². The van der Waals surface area contributed by atoms with Crippen LogP contribution in [0.2, 0.25) is 0 Å². The number of thiocarbonyl (C=S) groups is 1. The topological polar surface area (TPSA) is 49.5 Å². The maximum Gasteiger partial charge on any atom is 0.231 e. The van der Waals surface area contributed by atoms with E-state index in [0.29, 0.717) is 6.54 Å². The van der Waals surface area contributed by atoms with Gasteiger partial charge in [0.1, 0.15) is 0 Å². The average molecular weight is 442 g/mol. The van der Waals surface area contributed by atoms with E-state index >= 15 is 0 Å². The number of rotatable bonds is 3. The molecule has 2 N–H and O–H groups in total. The Morgan fingerprint density at radius 2 is 1.81 bits per heavy atom. The normalized spacial score (nSPS) is 16.8. The maximum atomic E-state index is 5.90. The Bertz CT molecular complexity index is 1300. The molecule has 32 heavy (non-hydrogen) atoms. The highest BCUT2D eigenvalue weighted by Gasteiger charge is 2.34. The van der Waals surface area contributed by atoms with E-state index in [0.717, 1.165) is 40.7 Å². The smallest absolute Gasteiger partial charge is 0.231 e. The minimum atomic E-state index is -0.0311. The second kappa shape index (κ2) is 7.88. The van der Waals surface area contributed by atoms with Gasteiger partial charge >= 0.3 is 0 Å². The van der Waals surface area contributed by atoms with E-state index in [-0.39, 0.29) is 12.8 Å². The molecule has 0 unspecified atom stereocenters. The molecule has 2 aliphatic rings.